The minimum absolute atomic E-state index is 0.138. The Hall–Kier alpha value is -1.11. The zero-order valence-electron chi connectivity index (χ0n) is 12.7. The zero-order chi connectivity index (χ0) is 15.6. The third kappa shape index (κ3) is 3.39. The number of aliphatic hydroxyl groups excluding tert-OH is 1. The maximum atomic E-state index is 12.6. The van der Waals surface area contributed by atoms with Crippen LogP contribution in [0.3, 0.4) is 0 Å². The van der Waals surface area contributed by atoms with Crippen molar-refractivity contribution in [2.45, 2.75) is 38.2 Å². The third-order valence-electron chi connectivity index (χ3n) is 3.97. The predicted octanol–water partition coefficient (Wildman–Crippen LogP) is 1.79. The van der Waals surface area contributed by atoms with Gasteiger partial charge in [0, 0.05) is 13.1 Å². The van der Waals surface area contributed by atoms with Gasteiger partial charge in [-0.2, -0.15) is 4.31 Å². The molecular formula is C15H23NO4S. The summed E-state index contributed by atoms with van der Waals surface area (Å²) in [4.78, 5) is 0.255. The molecule has 0 amide bonds. The monoisotopic (exact) mass is 313 g/mol. The molecule has 5 nitrogen and oxygen atoms in total. The van der Waals surface area contributed by atoms with Crippen molar-refractivity contribution in [1.29, 1.82) is 0 Å². The first-order valence-corrected chi connectivity index (χ1v) is 8.72. The molecule has 1 N–H and O–H groups in total. The van der Waals surface area contributed by atoms with Gasteiger partial charge in [-0.3, -0.25) is 0 Å². The molecule has 0 aromatic heterocycles. The van der Waals surface area contributed by atoms with Crippen LogP contribution in [0.25, 0.3) is 0 Å². The highest BCUT2D eigenvalue weighted by molar-refractivity contribution is 7.89. The number of β-amino-alcohol motifs (C(OH)–C–C–N with tert-alkyl or cyclic N) is 1. The molecule has 1 aromatic carbocycles. The molecule has 1 saturated heterocycles. The van der Waals surface area contributed by atoms with Crippen molar-refractivity contribution in [3.05, 3.63) is 23.8 Å². The van der Waals surface area contributed by atoms with Crippen molar-refractivity contribution in [2.24, 2.45) is 5.92 Å². The maximum Gasteiger partial charge on any atom is 0.243 e. The van der Waals surface area contributed by atoms with E-state index in [9.17, 15) is 13.5 Å². The topological polar surface area (TPSA) is 66.8 Å². The van der Waals surface area contributed by atoms with Crippen LogP contribution in [0.4, 0.5) is 0 Å². The predicted molar refractivity (Wildman–Crippen MR) is 80.9 cm³/mol. The van der Waals surface area contributed by atoms with E-state index in [1.54, 1.807) is 18.2 Å². The Bertz CT molecular complexity index is 600. The van der Waals surface area contributed by atoms with Gasteiger partial charge >= 0.3 is 0 Å². The Morgan fingerprint density at radius 3 is 2.71 bits per heavy atom. The highest BCUT2D eigenvalue weighted by atomic mass is 32.2. The summed E-state index contributed by atoms with van der Waals surface area (Å²) >= 11 is 0. The Kier molecular flexibility index (Phi) is 4.91. The smallest absolute Gasteiger partial charge is 0.243 e. The molecule has 1 aliphatic heterocycles. The first-order chi connectivity index (χ1) is 9.86. The summed E-state index contributed by atoms with van der Waals surface area (Å²) in [5.74, 6) is 0.835. The fourth-order valence-corrected chi connectivity index (χ4v) is 4.05. The second-order valence-electron chi connectivity index (χ2n) is 5.56. The van der Waals surface area contributed by atoms with Crippen LogP contribution in [0.2, 0.25) is 0 Å². The van der Waals surface area contributed by atoms with E-state index in [0.717, 1.165) is 5.56 Å². The number of ether oxygens (including phenoxy) is 1. The number of sulfonamides is 1. The fourth-order valence-electron chi connectivity index (χ4n) is 2.49. The van der Waals surface area contributed by atoms with Crippen molar-refractivity contribution in [1.82, 2.24) is 4.31 Å². The number of aryl methyl sites for hydroxylation is 1. The van der Waals surface area contributed by atoms with Crippen LogP contribution in [0.1, 0.15) is 25.8 Å². The summed E-state index contributed by atoms with van der Waals surface area (Å²) < 4.78 is 32.1. The summed E-state index contributed by atoms with van der Waals surface area (Å²) in [6.07, 6.45) is 0.0773. The molecule has 0 saturated carbocycles. The van der Waals surface area contributed by atoms with Crippen molar-refractivity contribution in [2.75, 3.05) is 19.7 Å². The summed E-state index contributed by atoms with van der Waals surface area (Å²) in [7, 11) is -3.55. The molecule has 2 unspecified atom stereocenters. The van der Waals surface area contributed by atoms with Crippen LogP contribution in [-0.4, -0.2) is 43.6 Å². The molecule has 2 rings (SSSR count). The molecule has 21 heavy (non-hydrogen) atoms. The Labute approximate surface area is 126 Å². The van der Waals surface area contributed by atoms with E-state index in [4.69, 9.17) is 4.74 Å². The average molecular weight is 313 g/mol. The first-order valence-electron chi connectivity index (χ1n) is 7.28. The van der Waals surface area contributed by atoms with Crippen LogP contribution >= 0.6 is 0 Å². The van der Waals surface area contributed by atoms with Gasteiger partial charge in [-0.25, -0.2) is 8.42 Å². The molecule has 2 atom stereocenters. The lowest BCUT2D eigenvalue weighted by Crippen LogP contribution is -2.45. The zero-order valence-corrected chi connectivity index (χ0v) is 13.6. The van der Waals surface area contributed by atoms with Gasteiger partial charge in [0.2, 0.25) is 10.0 Å². The van der Waals surface area contributed by atoms with Gasteiger partial charge in [0.1, 0.15) is 5.75 Å². The van der Waals surface area contributed by atoms with Crippen molar-refractivity contribution in [3.63, 3.8) is 0 Å². The van der Waals surface area contributed by atoms with E-state index in [2.05, 4.69) is 0 Å². The summed E-state index contributed by atoms with van der Waals surface area (Å²) in [6, 6.07) is 4.89. The number of piperidine rings is 1. The lowest BCUT2D eigenvalue weighted by molar-refractivity contribution is 0.0605. The molecular weight excluding hydrogens is 290 g/mol. The maximum absolute atomic E-state index is 12.6. The molecule has 0 bridgehead atoms. The minimum atomic E-state index is -3.55. The number of benzene rings is 1. The van der Waals surface area contributed by atoms with Gasteiger partial charge in [-0.05, 0) is 49.9 Å². The average Bonchev–Trinajstić information content (AvgIpc) is 2.44. The Morgan fingerprint density at radius 2 is 2.14 bits per heavy atom. The molecule has 1 aliphatic rings. The second-order valence-corrected chi connectivity index (χ2v) is 7.49. The summed E-state index contributed by atoms with van der Waals surface area (Å²) in [5, 5.41) is 9.90. The number of hydrogen-bond donors (Lipinski definition) is 1. The van der Waals surface area contributed by atoms with E-state index >= 15 is 0 Å². The van der Waals surface area contributed by atoms with E-state index in [1.165, 1.54) is 4.31 Å². The number of aliphatic hydroxyl groups is 1. The molecule has 0 spiro atoms. The molecule has 1 aromatic rings. The quantitative estimate of drug-likeness (QED) is 0.920. The highest BCUT2D eigenvalue weighted by Crippen LogP contribution is 2.27. The molecule has 1 fully saturated rings. The Morgan fingerprint density at radius 1 is 1.43 bits per heavy atom. The van der Waals surface area contributed by atoms with Gasteiger partial charge < -0.3 is 9.84 Å². The van der Waals surface area contributed by atoms with Gasteiger partial charge in [0.05, 0.1) is 17.6 Å². The molecule has 6 heteroatoms. The second kappa shape index (κ2) is 6.34. The van der Waals surface area contributed by atoms with E-state index in [-0.39, 0.29) is 17.4 Å². The molecule has 118 valence electrons. The summed E-state index contributed by atoms with van der Waals surface area (Å²) in [5.41, 5.74) is 0.795. The normalized spacial score (nSPS) is 24.0. The molecule has 0 aliphatic carbocycles. The van der Waals surface area contributed by atoms with Gasteiger partial charge in [0.15, 0.2) is 0 Å². The number of rotatable bonds is 4. The van der Waals surface area contributed by atoms with Crippen molar-refractivity contribution >= 4 is 10.0 Å². The SMILES string of the molecule is CCOc1ccc(S(=O)(=O)N2CCC(C)C(O)C2)cc1C. The van der Waals surface area contributed by atoms with Crippen LogP contribution in [0, 0.1) is 12.8 Å². The van der Waals surface area contributed by atoms with Gasteiger partial charge in [-0.15, -0.1) is 0 Å². The van der Waals surface area contributed by atoms with Crippen LogP contribution in [0.15, 0.2) is 23.1 Å². The minimum Gasteiger partial charge on any atom is -0.494 e. The van der Waals surface area contributed by atoms with Crippen LogP contribution in [-0.2, 0) is 10.0 Å². The van der Waals surface area contributed by atoms with Crippen molar-refractivity contribution in [3.8, 4) is 5.75 Å². The lowest BCUT2D eigenvalue weighted by atomic mass is 9.98. The standard InChI is InChI=1S/C15H23NO4S/c1-4-20-15-6-5-13(9-12(15)3)21(18,19)16-8-7-11(2)14(17)10-16/h5-6,9,11,14,17H,4,7-8,10H2,1-3H3. The van der Waals surface area contributed by atoms with Gasteiger partial charge in [-0.1, -0.05) is 6.92 Å². The Balaban J connectivity index is 2.25. The highest BCUT2D eigenvalue weighted by Gasteiger charge is 2.32. The number of nitrogens with zero attached hydrogens (tertiary/aromatic N) is 1. The first kappa shape index (κ1) is 16.3. The third-order valence-corrected chi connectivity index (χ3v) is 5.83. The molecule has 1 heterocycles. The fraction of sp³-hybridized carbons (Fsp3) is 0.600. The summed E-state index contributed by atoms with van der Waals surface area (Å²) in [6.45, 7) is 6.82. The van der Waals surface area contributed by atoms with E-state index in [1.807, 2.05) is 20.8 Å². The molecule has 0 radical (unpaired) electrons. The number of hydrogen-bond acceptors (Lipinski definition) is 4. The largest absolute Gasteiger partial charge is 0.494 e. The lowest BCUT2D eigenvalue weighted by Gasteiger charge is -2.33. The van der Waals surface area contributed by atoms with E-state index in [0.29, 0.717) is 25.3 Å². The van der Waals surface area contributed by atoms with E-state index < -0.39 is 16.1 Å². The van der Waals surface area contributed by atoms with Crippen LogP contribution < -0.4 is 4.74 Å². The van der Waals surface area contributed by atoms with Crippen molar-refractivity contribution < 1.29 is 18.3 Å². The van der Waals surface area contributed by atoms with Gasteiger partial charge in [0.25, 0.3) is 0 Å². The van der Waals surface area contributed by atoms with Crippen LogP contribution in [0.5, 0.6) is 5.75 Å².